The van der Waals surface area contributed by atoms with Crippen LogP contribution in [-0.2, 0) is 11.3 Å². The fourth-order valence-electron chi connectivity index (χ4n) is 1.82. The summed E-state index contributed by atoms with van der Waals surface area (Å²) in [4.78, 5) is 18.2. The standard InChI is InChI=1S/C11H17N3O2S/c1-2-8-6-14(3-4-16-8)11(15)9-7-17-10(5-12)13-9/h7-8H,2-6,12H2,1H3/t8-/m0/s1. The fourth-order valence-corrected chi connectivity index (χ4v) is 2.46. The van der Waals surface area contributed by atoms with Crippen LogP contribution in [0.25, 0.3) is 0 Å². The van der Waals surface area contributed by atoms with Crippen LogP contribution in [0, 0.1) is 0 Å². The second-order valence-electron chi connectivity index (χ2n) is 3.98. The van der Waals surface area contributed by atoms with Crippen LogP contribution < -0.4 is 5.73 Å². The van der Waals surface area contributed by atoms with Crippen molar-refractivity contribution in [2.75, 3.05) is 19.7 Å². The minimum atomic E-state index is -0.0114. The number of aromatic nitrogens is 1. The van der Waals surface area contributed by atoms with Gasteiger partial charge in [0.15, 0.2) is 0 Å². The molecule has 1 aliphatic rings. The number of amides is 1. The van der Waals surface area contributed by atoms with Crippen LogP contribution in [0.2, 0.25) is 0 Å². The van der Waals surface area contributed by atoms with E-state index in [1.807, 2.05) is 4.90 Å². The highest BCUT2D eigenvalue weighted by Gasteiger charge is 2.25. The molecule has 1 saturated heterocycles. The molecule has 0 unspecified atom stereocenters. The fraction of sp³-hybridized carbons (Fsp3) is 0.636. The van der Waals surface area contributed by atoms with Gasteiger partial charge in [0, 0.05) is 25.0 Å². The summed E-state index contributed by atoms with van der Waals surface area (Å²) in [6.45, 7) is 4.36. The van der Waals surface area contributed by atoms with Crippen LogP contribution in [0.3, 0.4) is 0 Å². The molecule has 0 aliphatic carbocycles. The highest BCUT2D eigenvalue weighted by molar-refractivity contribution is 7.09. The Balaban J connectivity index is 2.03. The van der Waals surface area contributed by atoms with Crippen molar-refractivity contribution in [1.82, 2.24) is 9.88 Å². The van der Waals surface area contributed by atoms with Gasteiger partial charge >= 0.3 is 0 Å². The Bertz CT molecular complexity index is 394. The van der Waals surface area contributed by atoms with Crippen molar-refractivity contribution >= 4 is 17.2 Å². The molecule has 1 amide bonds. The van der Waals surface area contributed by atoms with E-state index < -0.39 is 0 Å². The lowest BCUT2D eigenvalue weighted by molar-refractivity contribution is -0.0227. The number of carbonyl (C=O) groups excluding carboxylic acids is 1. The SMILES string of the molecule is CC[C@H]1CN(C(=O)c2csc(CN)n2)CCO1. The van der Waals surface area contributed by atoms with Crippen molar-refractivity contribution in [3.63, 3.8) is 0 Å². The van der Waals surface area contributed by atoms with Crippen LogP contribution >= 0.6 is 11.3 Å². The van der Waals surface area contributed by atoms with E-state index >= 15 is 0 Å². The molecule has 0 bridgehead atoms. The van der Waals surface area contributed by atoms with Gasteiger partial charge in [-0.25, -0.2) is 4.98 Å². The molecule has 1 aromatic rings. The van der Waals surface area contributed by atoms with Crippen molar-refractivity contribution in [2.45, 2.75) is 26.0 Å². The molecular weight excluding hydrogens is 238 g/mol. The second kappa shape index (κ2) is 5.57. The third-order valence-corrected chi connectivity index (χ3v) is 3.70. The Hall–Kier alpha value is -0.980. The summed E-state index contributed by atoms with van der Waals surface area (Å²) in [5, 5.41) is 2.58. The number of thiazole rings is 1. The van der Waals surface area contributed by atoms with Gasteiger partial charge in [0.05, 0.1) is 12.7 Å². The van der Waals surface area contributed by atoms with Gasteiger partial charge < -0.3 is 15.4 Å². The summed E-state index contributed by atoms with van der Waals surface area (Å²) in [7, 11) is 0. The van der Waals surface area contributed by atoms with Gasteiger partial charge in [0.1, 0.15) is 10.7 Å². The molecule has 17 heavy (non-hydrogen) atoms. The first kappa shape index (κ1) is 12.5. The van der Waals surface area contributed by atoms with Crippen LogP contribution in [-0.4, -0.2) is 41.6 Å². The van der Waals surface area contributed by atoms with E-state index in [1.165, 1.54) is 11.3 Å². The molecule has 2 N–H and O–H groups in total. The normalized spacial score (nSPS) is 20.6. The number of carbonyl (C=O) groups is 1. The lowest BCUT2D eigenvalue weighted by atomic mass is 10.2. The van der Waals surface area contributed by atoms with Gasteiger partial charge in [0.2, 0.25) is 0 Å². The van der Waals surface area contributed by atoms with E-state index in [4.69, 9.17) is 10.5 Å². The molecule has 1 fully saturated rings. The minimum Gasteiger partial charge on any atom is -0.375 e. The minimum absolute atomic E-state index is 0.0114. The number of nitrogens with zero attached hydrogens (tertiary/aromatic N) is 2. The molecule has 0 saturated carbocycles. The zero-order valence-corrected chi connectivity index (χ0v) is 10.7. The quantitative estimate of drug-likeness (QED) is 0.869. The average Bonchev–Trinajstić information content (AvgIpc) is 2.86. The molecule has 1 atom stereocenters. The smallest absolute Gasteiger partial charge is 0.273 e. The number of hydrogen-bond donors (Lipinski definition) is 1. The van der Waals surface area contributed by atoms with Gasteiger partial charge in [-0.05, 0) is 6.42 Å². The summed E-state index contributed by atoms with van der Waals surface area (Å²) in [5.74, 6) is -0.0114. The van der Waals surface area contributed by atoms with E-state index in [9.17, 15) is 4.79 Å². The van der Waals surface area contributed by atoms with Crippen LogP contribution in [0.15, 0.2) is 5.38 Å². The van der Waals surface area contributed by atoms with Gasteiger partial charge in [-0.3, -0.25) is 4.79 Å². The Morgan fingerprint density at radius 1 is 1.76 bits per heavy atom. The molecule has 0 spiro atoms. The molecule has 0 aromatic carbocycles. The predicted molar refractivity (Wildman–Crippen MR) is 65.9 cm³/mol. The Kier molecular flexibility index (Phi) is 4.09. The molecule has 1 aliphatic heterocycles. The molecule has 0 radical (unpaired) electrons. The first-order valence-corrected chi connectivity index (χ1v) is 6.68. The van der Waals surface area contributed by atoms with Gasteiger partial charge in [-0.2, -0.15) is 0 Å². The number of hydrogen-bond acceptors (Lipinski definition) is 5. The zero-order valence-electron chi connectivity index (χ0n) is 9.89. The first-order valence-electron chi connectivity index (χ1n) is 5.80. The lowest BCUT2D eigenvalue weighted by Gasteiger charge is -2.32. The molecule has 6 heteroatoms. The van der Waals surface area contributed by atoms with Crippen molar-refractivity contribution < 1.29 is 9.53 Å². The summed E-state index contributed by atoms with van der Waals surface area (Å²) in [5.41, 5.74) is 6.00. The summed E-state index contributed by atoms with van der Waals surface area (Å²) in [6.07, 6.45) is 1.08. The number of rotatable bonds is 3. The van der Waals surface area contributed by atoms with Crippen LogP contribution in [0.4, 0.5) is 0 Å². The Morgan fingerprint density at radius 3 is 3.24 bits per heavy atom. The summed E-state index contributed by atoms with van der Waals surface area (Å²) < 4.78 is 5.54. The van der Waals surface area contributed by atoms with Gasteiger partial charge in [-0.1, -0.05) is 6.92 Å². The maximum atomic E-state index is 12.2. The predicted octanol–water partition coefficient (Wildman–Crippen LogP) is 0.853. The first-order chi connectivity index (χ1) is 8.24. The third-order valence-electron chi connectivity index (χ3n) is 2.83. The van der Waals surface area contributed by atoms with E-state index in [0.29, 0.717) is 31.9 Å². The van der Waals surface area contributed by atoms with E-state index in [1.54, 1.807) is 5.38 Å². The third kappa shape index (κ3) is 2.83. The van der Waals surface area contributed by atoms with Crippen molar-refractivity contribution in [3.05, 3.63) is 16.1 Å². The topological polar surface area (TPSA) is 68.5 Å². The molecule has 1 aromatic heterocycles. The summed E-state index contributed by atoms with van der Waals surface area (Å²) in [6, 6.07) is 0. The van der Waals surface area contributed by atoms with Crippen LogP contribution in [0.1, 0.15) is 28.8 Å². The monoisotopic (exact) mass is 255 g/mol. The Labute approximate surface area is 105 Å². The lowest BCUT2D eigenvalue weighted by Crippen LogP contribution is -2.45. The van der Waals surface area contributed by atoms with Crippen molar-refractivity contribution in [3.8, 4) is 0 Å². The van der Waals surface area contributed by atoms with Gasteiger partial charge in [0.25, 0.3) is 5.91 Å². The molecule has 94 valence electrons. The van der Waals surface area contributed by atoms with E-state index in [-0.39, 0.29) is 12.0 Å². The molecule has 2 rings (SSSR count). The zero-order chi connectivity index (χ0) is 12.3. The number of ether oxygens (including phenoxy) is 1. The second-order valence-corrected chi connectivity index (χ2v) is 4.93. The maximum absolute atomic E-state index is 12.2. The highest BCUT2D eigenvalue weighted by Crippen LogP contribution is 2.14. The maximum Gasteiger partial charge on any atom is 0.273 e. The molecule has 2 heterocycles. The average molecular weight is 255 g/mol. The van der Waals surface area contributed by atoms with E-state index in [0.717, 1.165) is 11.4 Å². The largest absolute Gasteiger partial charge is 0.375 e. The van der Waals surface area contributed by atoms with Crippen molar-refractivity contribution in [2.24, 2.45) is 5.73 Å². The number of nitrogens with two attached hydrogens (primary N) is 1. The van der Waals surface area contributed by atoms with Crippen LogP contribution in [0.5, 0.6) is 0 Å². The van der Waals surface area contributed by atoms with E-state index in [2.05, 4.69) is 11.9 Å². The molecule has 5 nitrogen and oxygen atoms in total. The molecular formula is C11H17N3O2S. The number of morpholine rings is 1. The highest BCUT2D eigenvalue weighted by atomic mass is 32.1. The Morgan fingerprint density at radius 2 is 2.59 bits per heavy atom. The van der Waals surface area contributed by atoms with Gasteiger partial charge in [-0.15, -0.1) is 11.3 Å². The van der Waals surface area contributed by atoms with Crippen molar-refractivity contribution in [1.29, 1.82) is 0 Å². The summed E-state index contributed by atoms with van der Waals surface area (Å²) >= 11 is 1.43.